The highest BCUT2D eigenvalue weighted by atomic mass is 19.1. The van der Waals surface area contributed by atoms with Crippen molar-refractivity contribution in [1.29, 1.82) is 0 Å². The number of hydrogen-bond acceptors (Lipinski definition) is 3. The van der Waals surface area contributed by atoms with Crippen molar-refractivity contribution in [2.75, 3.05) is 20.3 Å². The zero-order chi connectivity index (χ0) is 12.4. The molecule has 0 spiro atoms. The Morgan fingerprint density at radius 2 is 2.29 bits per heavy atom. The van der Waals surface area contributed by atoms with Crippen LogP contribution in [0.25, 0.3) is 0 Å². The van der Waals surface area contributed by atoms with Crippen molar-refractivity contribution in [1.82, 2.24) is 4.90 Å². The normalized spacial score (nSPS) is 22.0. The number of aromatic hydroxyl groups is 1. The molecule has 94 valence electrons. The molecule has 4 heteroatoms. The van der Waals surface area contributed by atoms with Crippen LogP contribution in [-0.4, -0.2) is 36.3 Å². The van der Waals surface area contributed by atoms with Gasteiger partial charge in [-0.15, -0.1) is 0 Å². The van der Waals surface area contributed by atoms with Gasteiger partial charge in [0.15, 0.2) is 0 Å². The van der Waals surface area contributed by atoms with Crippen molar-refractivity contribution in [2.24, 2.45) is 0 Å². The average Bonchev–Trinajstić information content (AvgIpc) is 2.84. The molecule has 1 saturated heterocycles. The molecule has 0 aliphatic carbocycles. The highest BCUT2D eigenvalue weighted by Gasteiger charge is 2.26. The molecular weight excluding hydrogens is 221 g/mol. The molecule has 2 rings (SSSR count). The Bertz CT molecular complexity index is 391. The van der Waals surface area contributed by atoms with E-state index in [0.29, 0.717) is 18.2 Å². The molecule has 1 aliphatic rings. The van der Waals surface area contributed by atoms with Gasteiger partial charge in [0.05, 0.1) is 6.61 Å². The second kappa shape index (κ2) is 5.02. The average molecular weight is 239 g/mol. The molecule has 0 saturated carbocycles. The van der Waals surface area contributed by atoms with Crippen LogP contribution in [0.4, 0.5) is 4.39 Å². The van der Waals surface area contributed by atoms with Gasteiger partial charge >= 0.3 is 0 Å². The fraction of sp³-hybridized carbons (Fsp3) is 0.538. The molecule has 3 nitrogen and oxygen atoms in total. The van der Waals surface area contributed by atoms with Crippen LogP contribution in [0.2, 0.25) is 0 Å². The van der Waals surface area contributed by atoms with E-state index in [1.165, 1.54) is 18.2 Å². The van der Waals surface area contributed by atoms with E-state index in [9.17, 15) is 9.50 Å². The molecule has 0 amide bonds. The number of halogens is 1. The first-order valence-corrected chi connectivity index (χ1v) is 5.87. The Balaban J connectivity index is 2.17. The minimum absolute atomic E-state index is 0.0302. The van der Waals surface area contributed by atoms with E-state index in [1.54, 1.807) is 0 Å². The van der Waals surface area contributed by atoms with E-state index in [1.807, 2.05) is 14.0 Å². The summed E-state index contributed by atoms with van der Waals surface area (Å²) in [6, 6.07) is 4.38. The molecule has 1 N–H and O–H groups in total. The SMILES string of the molecule is CC(c1cc(F)ccc1O)N(C)C1CCOC1. The molecule has 0 radical (unpaired) electrons. The zero-order valence-corrected chi connectivity index (χ0v) is 10.2. The van der Waals surface area contributed by atoms with Crippen molar-refractivity contribution in [3.05, 3.63) is 29.6 Å². The molecule has 2 atom stereocenters. The summed E-state index contributed by atoms with van der Waals surface area (Å²) in [7, 11) is 1.98. The van der Waals surface area contributed by atoms with Crippen LogP contribution >= 0.6 is 0 Å². The summed E-state index contributed by atoms with van der Waals surface area (Å²) in [5, 5.41) is 9.77. The number of likely N-dealkylation sites (N-methyl/N-ethyl adjacent to an activating group) is 1. The quantitative estimate of drug-likeness (QED) is 0.878. The van der Waals surface area contributed by atoms with Gasteiger partial charge in [-0.2, -0.15) is 0 Å². The minimum atomic E-state index is -0.319. The molecule has 0 aromatic heterocycles. The van der Waals surface area contributed by atoms with Crippen LogP contribution in [-0.2, 0) is 4.74 Å². The van der Waals surface area contributed by atoms with Crippen molar-refractivity contribution < 1.29 is 14.2 Å². The van der Waals surface area contributed by atoms with Gasteiger partial charge in [0.2, 0.25) is 0 Å². The van der Waals surface area contributed by atoms with E-state index in [4.69, 9.17) is 4.74 Å². The summed E-state index contributed by atoms with van der Waals surface area (Å²) >= 11 is 0. The Morgan fingerprint density at radius 1 is 1.53 bits per heavy atom. The van der Waals surface area contributed by atoms with Crippen LogP contribution in [0.15, 0.2) is 18.2 Å². The molecular formula is C13H18FNO2. The van der Waals surface area contributed by atoms with Crippen LogP contribution in [0.1, 0.15) is 24.9 Å². The second-order valence-corrected chi connectivity index (χ2v) is 4.56. The highest BCUT2D eigenvalue weighted by Crippen LogP contribution is 2.30. The summed E-state index contributed by atoms with van der Waals surface area (Å²) in [6.45, 7) is 3.45. The first-order valence-electron chi connectivity index (χ1n) is 5.87. The number of nitrogens with zero attached hydrogens (tertiary/aromatic N) is 1. The molecule has 1 aliphatic heterocycles. The number of phenols is 1. The van der Waals surface area contributed by atoms with Crippen molar-refractivity contribution >= 4 is 0 Å². The topological polar surface area (TPSA) is 32.7 Å². The summed E-state index contributed by atoms with van der Waals surface area (Å²) in [4.78, 5) is 2.13. The van der Waals surface area contributed by atoms with Crippen LogP contribution in [0.3, 0.4) is 0 Å². The van der Waals surface area contributed by atoms with E-state index in [0.717, 1.165) is 13.0 Å². The van der Waals surface area contributed by atoms with Crippen molar-refractivity contribution in [3.63, 3.8) is 0 Å². The predicted octanol–water partition coefficient (Wildman–Crippen LogP) is 2.31. The van der Waals surface area contributed by atoms with Crippen LogP contribution in [0, 0.1) is 5.82 Å². The third-order valence-electron chi connectivity index (χ3n) is 3.53. The zero-order valence-electron chi connectivity index (χ0n) is 10.2. The van der Waals surface area contributed by atoms with Crippen molar-refractivity contribution in [2.45, 2.75) is 25.4 Å². The van der Waals surface area contributed by atoms with Gasteiger partial charge in [-0.05, 0) is 38.6 Å². The predicted molar refractivity (Wildman–Crippen MR) is 63.5 cm³/mol. The number of benzene rings is 1. The summed E-state index contributed by atoms with van der Waals surface area (Å²) in [6.07, 6.45) is 0.983. The van der Waals surface area contributed by atoms with E-state index < -0.39 is 0 Å². The second-order valence-electron chi connectivity index (χ2n) is 4.56. The monoisotopic (exact) mass is 239 g/mol. The van der Waals surface area contributed by atoms with Crippen molar-refractivity contribution in [3.8, 4) is 5.75 Å². The molecule has 17 heavy (non-hydrogen) atoms. The summed E-state index contributed by atoms with van der Waals surface area (Å²) < 4.78 is 18.5. The number of ether oxygens (including phenoxy) is 1. The number of rotatable bonds is 3. The van der Waals surface area contributed by atoms with E-state index in [2.05, 4.69) is 4.90 Å². The largest absolute Gasteiger partial charge is 0.508 e. The Hall–Kier alpha value is -1.13. The van der Waals surface area contributed by atoms with Gasteiger partial charge in [0, 0.05) is 24.3 Å². The Morgan fingerprint density at radius 3 is 2.94 bits per heavy atom. The van der Waals surface area contributed by atoms with Gasteiger partial charge in [-0.25, -0.2) is 4.39 Å². The number of phenolic OH excluding ortho intramolecular Hbond substituents is 1. The van der Waals surface area contributed by atoms with E-state index >= 15 is 0 Å². The smallest absolute Gasteiger partial charge is 0.123 e. The number of hydrogen-bond donors (Lipinski definition) is 1. The lowest BCUT2D eigenvalue weighted by molar-refractivity contribution is 0.137. The molecule has 0 bridgehead atoms. The van der Waals surface area contributed by atoms with Crippen LogP contribution in [0.5, 0.6) is 5.75 Å². The highest BCUT2D eigenvalue weighted by molar-refractivity contribution is 5.35. The fourth-order valence-electron chi connectivity index (χ4n) is 2.24. The summed E-state index contributed by atoms with van der Waals surface area (Å²) in [5.74, 6) is -0.176. The Kier molecular flexibility index (Phi) is 3.64. The third kappa shape index (κ3) is 2.58. The molecule has 1 heterocycles. The lowest BCUT2D eigenvalue weighted by atomic mass is 10.0. The molecule has 2 unspecified atom stereocenters. The lowest BCUT2D eigenvalue weighted by Crippen LogP contribution is -2.34. The van der Waals surface area contributed by atoms with Gasteiger partial charge in [0.25, 0.3) is 0 Å². The van der Waals surface area contributed by atoms with E-state index in [-0.39, 0.29) is 17.6 Å². The third-order valence-corrected chi connectivity index (χ3v) is 3.53. The first kappa shape index (κ1) is 12.3. The van der Waals surface area contributed by atoms with Crippen LogP contribution < -0.4 is 0 Å². The first-order chi connectivity index (χ1) is 8.09. The summed E-state index contributed by atoms with van der Waals surface area (Å²) in [5.41, 5.74) is 0.624. The minimum Gasteiger partial charge on any atom is -0.508 e. The molecule has 1 fully saturated rings. The van der Waals surface area contributed by atoms with Gasteiger partial charge in [-0.1, -0.05) is 0 Å². The maximum Gasteiger partial charge on any atom is 0.123 e. The molecule has 1 aromatic carbocycles. The maximum absolute atomic E-state index is 13.2. The standard InChI is InChI=1S/C13H18FNO2/c1-9(15(2)11-5-6-17-8-11)12-7-10(14)3-4-13(12)16/h3-4,7,9,11,16H,5-6,8H2,1-2H3. The maximum atomic E-state index is 13.2. The molecule has 1 aromatic rings. The van der Waals surface area contributed by atoms with Gasteiger partial charge in [-0.3, -0.25) is 4.90 Å². The Labute approximate surface area is 101 Å². The fourth-order valence-corrected chi connectivity index (χ4v) is 2.24. The van der Waals surface area contributed by atoms with Gasteiger partial charge < -0.3 is 9.84 Å². The van der Waals surface area contributed by atoms with Gasteiger partial charge in [0.1, 0.15) is 11.6 Å². The lowest BCUT2D eigenvalue weighted by Gasteiger charge is -2.30.